The predicted octanol–water partition coefficient (Wildman–Crippen LogP) is 1.19. The molecule has 0 bridgehead atoms. The SMILES string of the molecule is C=CCN(CC=C)C(=O)N(CC)CC(=O)O. The fourth-order valence-corrected chi connectivity index (χ4v) is 1.22. The second kappa shape index (κ2) is 7.50. The molecule has 90 valence electrons. The molecule has 0 spiro atoms. The molecular formula is C11H18N2O3. The van der Waals surface area contributed by atoms with Crippen LogP contribution in [0.4, 0.5) is 4.79 Å². The summed E-state index contributed by atoms with van der Waals surface area (Å²) in [6, 6.07) is -0.315. The minimum Gasteiger partial charge on any atom is -0.480 e. The number of aliphatic carboxylic acids is 1. The van der Waals surface area contributed by atoms with Gasteiger partial charge in [-0.05, 0) is 6.92 Å². The molecule has 5 heteroatoms. The van der Waals surface area contributed by atoms with E-state index in [2.05, 4.69) is 13.2 Å². The standard InChI is InChI=1S/C11H18N2O3/c1-4-7-13(8-5-2)11(16)12(6-3)9-10(14)15/h4-5H,1-2,6-9H2,3H3,(H,14,15). The highest BCUT2D eigenvalue weighted by atomic mass is 16.4. The lowest BCUT2D eigenvalue weighted by Crippen LogP contribution is -2.45. The lowest BCUT2D eigenvalue weighted by molar-refractivity contribution is -0.137. The maximum Gasteiger partial charge on any atom is 0.323 e. The summed E-state index contributed by atoms with van der Waals surface area (Å²) in [7, 11) is 0. The van der Waals surface area contributed by atoms with E-state index in [9.17, 15) is 9.59 Å². The van der Waals surface area contributed by atoms with Gasteiger partial charge in [-0.2, -0.15) is 0 Å². The number of hydrogen-bond acceptors (Lipinski definition) is 2. The molecule has 2 amide bonds. The summed E-state index contributed by atoms with van der Waals surface area (Å²) in [6.45, 7) is 9.65. The van der Waals surface area contributed by atoms with Crippen molar-refractivity contribution in [1.29, 1.82) is 0 Å². The van der Waals surface area contributed by atoms with Gasteiger partial charge in [0.05, 0.1) is 0 Å². The van der Waals surface area contributed by atoms with Crippen LogP contribution in [0.15, 0.2) is 25.3 Å². The van der Waals surface area contributed by atoms with Crippen LogP contribution in [0.25, 0.3) is 0 Å². The second-order valence-electron chi connectivity index (χ2n) is 3.17. The van der Waals surface area contributed by atoms with Gasteiger partial charge in [-0.15, -0.1) is 13.2 Å². The van der Waals surface area contributed by atoms with E-state index >= 15 is 0 Å². The Kier molecular flexibility index (Phi) is 6.67. The Bertz CT molecular complexity index is 266. The van der Waals surface area contributed by atoms with E-state index in [4.69, 9.17) is 5.11 Å². The molecular weight excluding hydrogens is 208 g/mol. The molecule has 0 aliphatic rings. The average molecular weight is 226 g/mol. The summed E-state index contributed by atoms with van der Waals surface area (Å²) in [5, 5.41) is 8.65. The summed E-state index contributed by atoms with van der Waals surface area (Å²) >= 11 is 0. The van der Waals surface area contributed by atoms with Crippen molar-refractivity contribution < 1.29 is 14.7 Å². The Hall–Kier alpha value is -1.78. The number of nitrogens with zero attached hydrogens (tertiary/aromatic N) is 2. The minimum absolute atomic E-state index is 0.292. The number of carboxylic acids is 1. The summed E-state index contributed by atoms with van der Waals surface area (Å²) in [5.41, 5.74) is 0. The van der Waals surface area contributed by atoms with Crippen molar-refractivity contribution in [2.75, 3.05) is 26.2 Å². The van der Waals surface area contributed by atoms with Crippen LogP contribution < -0.4 is 0 Å². The largest absolute Gasteiger partial charge is 0.480 e. The van der Waals surface area contributed by atoms with Crippen molar-refractivity contribution in [2.45, 2.75) is 6.92 Å². The van der Waals surface area contributed by atoms with Crippen LogP contribution in [0, 0.1) is 0 Å². The maximum absolute atomic E-state index is 11.9. The molecule has 0 radical (unpaired) electrons. The Morgan fingerprint density at radius 2 is 1.69 bits per heavy atom. The Morgan fingerprint density at radius 1 is 1.19 bits per heavy atom. The summed E-state index contributed by atoms with van der Waals surface area (Å²) < 4.78 is 0. The topological polar surface area (TPSA) is 60.9 Å². The van der Waals surface area contributed by atoms with Crippen LogP contribution in [0.2, 0.25) is 0 Å². The van der Waals surface area contributed by atoms with E-state index in [1.54, 1.807) is 19.1 Å². The van der Waals surface area contributed by atoms with Crippen LogP contribution in [-0.2, 0) is 4.79 Å². The van der Waals surface area contributed by atoms with Crippen molar-refractivity contribution in [3.63, 3.8) is 0 Å². The van der Waals surface area contributed by atoms with Crippen molar-refractivity contribution in [3.8, 4) is 0 Å². The first-order valence-electron chi connectivity index (χ1n) is 5.04. The molecule has 0 saturated heterocycles. The summed E-state index contributed by atoms with van der Waals surface area (Å²) in [4.78, 5) is 25.2. The number of likely N-dealkylation sites (N-methyl/N-ethyl adjacent to an activating group) is 1. The zero-order valence-corrected chi connectivity index (χ0v) is 9.56. The smallest absolute Gasteiger partial charge is 0.323 e. The highest BCUT2D eigenvalue weighted by Gasteiger charge is 2.19. The van der Waals surface area contributed by atoms with E-state index in [1.807, 2.05) is 0 Å². The first-order chi connectivity index (χ1) is 7.56. The first-order valence-corrected chi connectivity index (χ1v) is 5.04. The van der Waals surface area contributed by atoms with Crippen molar-refractivity contribution >= 4 is 12.0 Å². The zero-order chi connectivity index (χ0) is 12.6. The molecule has 0 atom stereocenters. The first kappa shape index (κ1) is 14.2. The molecule has 0 aliphatic carbocycles. The summed E-state index contributed by atoms with van der Waals surface area (Å²) in [6.07, 6.45) is 3.19. The molecule has 0 saturated carbocycles. The molecule has 0 heterocycles. The fourth-order valence-electron chi connectivity index (χ4n) is 1.22. The van der Waals surface area contributed by atoms with Gasteiger partial charge in [0.1, 0.15) is 6.54 Å². The van der Waals surface area contributed by atoms with Crippen LogP contribution in [-0.4, -0.2) is 53.1 Å². The number of carbonyl (C=O) groups is 2. The zero-order valence-electron chi connectivity index (χ0n) is 9.56. The Labute approximate surface area is 95.6 Å². The van der Waals surface area contributed by atoms with Gasteiger partial charge in [-0.25, -0.2) is 4.79 Å². The molecule has 0 aromatic carbocycles. The van der Waals surface area contributed by atoms with E-state index in [1.165, 1.54) is 9.80 Å². The molecule has 0 aromatic rings. The maximum atomic E-state index is 11.9. The molecule has 1 N–H and O–H groups in total. The molecule has 5 nitrogen and oxygen atoms in total. The van der Waals surface area contributed by atoms with Crippen LogP contribution in [0.3, 0.4) is 0 Å². The molecule has 0 aromatic heterocycles. The van der Waals surface area contributed by atoms with Gasteiger partial charge < -0.3 is 14.9 Å². The Morgan fingerprint density at radius 3 is 2.00 bits per heavy atom. The van der Waals surface area contributed by atoms with Gasteiger partial charge in [0, 0.05) is 19.6 Å². The lowest BCUT2D eigenvalue weighted by Gasteiger charge is -2.27. The number of hydrogen-bond donors (Lipinski definition) is 1. The van der Waals surface area contributed by atoms with E-state index in [-0.39, 0.29) is 12.6 Å². The molecule has 0 rings (SSSR count). The van der Waals surface area contributed by atoms with E-state index in [0.717, 1.165) is 0 Å². The van der Waals surface area contributed by atoms with Gasteiger partial charge in [-0.1, -0.05) is 12.2 Å². The third-order valence-corrected chi connectivity index (χ3v) is 1.95. The number of carboxylic acid groups (broad SMARTS) is 1. The van der Waals surface area contributed by atoms with E-state index in [0.29, 0.717) is 19.6 Å². The van der Waals surface area contributed by atoms with E-state index < -0.39 is 5.97 Å². The molecule has 0 fully saturated rings. The van der Waals surface area contributed by atoms with Gasteiger partial charge in [0.2, 0.25) is 0 Å². The van der Waals surface area contributed by atoms with Crippen LogP contribution >= 0.6 is 0 Å². The van der Waals surface area contributed by atoms with Crippen molar-refractivity contribution in [3.05, 3.63) is 25.3 Å². The van der Waals surface area contributed by atoms with Crippen molar-refractivity contribution in [2.24, 2.45) is 0 Å². The second-order valence-corrected chi connectivity index (χ2v) is 3.17. The van der Waals surface area contributed by atoms with Gasteiger partial charge in [0.15, 0.2) is 0 Å². The number of urea groups is 1. The number of carbonyl (C=O) groups excluding carboxylic acids is 1. The normalized spacial score (nSPS) is 9.31. The summed E-state index contributed by atoms with van der Waals surface area (Å²) in [5.74, 6) is -1.02. The fraction of sp³-hybridized carbons (Fsp3) is 0.455. The van der Waals surface area contributed by atoms with Gasteiger partial charge >= 0.3 is 12.0 Å². The third kappa shape index (κ3) is 4.63. The third-order valence-electron chi connectivity index (χ3n) is 1.95. The van der Waals surface area contributed by atoms with Crippen LogP contribution in [0.1, 0.15) is 6.92 Å². The van der Waals surface area contributed by atoms with Gasteiger partial charge in [-0.3, -0.25) is 4.79 Å². The minimum atomic E-state index is -1.02. The number of rotatable bonds is 7. The molecule has 16 heavy (non-hydrogen) atoms. The highest BCUT2D eigenvalue weighted by molar-refractivity contribution is 5.80. The van der Waals surface area contributed by atoms with Gasteiger partial charge in [0.25, 0.3) is 0 Å². The van der Waals surface area contributed by atoms with Crippen LogP contribution in [0.5, 0.6) is 0 Å². The Balaban J connectivity index is 4.58. The highest BCUT2D eigenvalue weighted by Crippen LogP contribution is 2.00. The monoisotopic (exact) mass is 226 g/mol. The average Bonchev–Trinajstić information content (AvgIpc) is 2.24. The molecule has 0 aliphatic heterocycles. The predicted molar refractivity (Wildman–Crippen MR) is 62.2 cm³/mol. The lowest BCUT2D eigenvalue weighted by atomic mass is 10.4. The van der Waals surface area contributed by atoms with Crippen molar-refractivity contribution in [1.82, 2.24) is 9.80 Å². The number of amides is 2. The quantitative estimate of drug-likeness (QED) is 0.663. The molecule has 0 unspecified atom stereocenters.